The molecule has 0 bridgehead atoms. The van der Waals surface area contributed by atoms with E-state index in [2.05, 4.69) is 10.4 Å². The summed E-state index contributed by atoms with van der Waals surface area (Å²) in [6, 6.07) is 7.87. The molecule has 1 saturated heterocycles. The van der Waals surface area contributed by atoms with Gasteiger partial charge in [-0.3, -0.25) is 9.59 Å². The van der Waals surface area contributed by atoms with Gasteiger partial charge in [0, 0.05) is 51.0 Å². The number of piperidine rings is 1. The SMILES string of the molecule is CC(=O)N1CCC(Oc2ccc3c(=O)n(C)nc(N[C@H](C)c4cc(N)cc(C(F)(F)F)c4)c3c2)CC1. The van der Waals surface area contributed by atoms with Crippen molar-refractivity contribution in [1.82, 2.24) is 14.7 Å². The monoisotopic (exact) mass is 503 g/mol. The first-order valence-corrected chi connectivity index (χ1v) is 11.6. The fraction of sp³-hybridized carbons (Fsp3) is 0.400. The Morgan fingerprint density at radius 2 is 1.86 bits per heavy atom. The Labute approximate surface area is 205 Å². The highest BCUT2D eigenvalue weighted by molar-refractivity contribution is 5.92. The second kappa shape index (κ2) is 9.71. The van der Waals surface area contributed by atoms with Gasteiger partial charge in [-0.05, 0) is 48.9 Å². The van der Waals surface area contributed by atoms with Gasteiger partial charge in [-0.25, -0.2) is 4.68 Å². The van der Waals surface area contributed by atoms with Gasteiger partial charge in [-0.2, -0.15) is 18.3 Å². The molecular formula is C25H28F3N5O3. The maximum atomic E-state index is 13.3. The van der Waals surface area contributed by atoms with E-state index in [1.54, 1.807) is 36.9 Å². The number of carbonyl (C=O) groups excluding carboxylic acids is 1. The molecule has 0 aliphatic carbocycles. The molecule has 1 aromatic heterocycles. The summed E-state index contributed by atoms with van der Waals surface area (Å²) in [5.74, 6) is 0.902. The van der Waals surface area contributed by atoms with Crippen molar-refractivity contribution < 1.29 is 22.7 Å². The fourth-order valence-electron chi connectivity index (χ4n) is 4.37. The Balaban J connectivity index is 1.63. The van der Waals surface area contributed by atoms with Gasteiger partial charge in [0.1, 0.15) is 11.9 Å². The maximum absolute atomic E-state index is 13.3. The Morgan fingerprint density at radius 3 is 2.50 bits per heavy atom. The highest BCUT2D eigenvalue weighted by atomic mass is 19.4. The van der Waals surface area contributed by atoms with Gasteiger partial charge >= 0.3 is 6.18 Å². The van der Waals surface area contributed by atoms with E-state index in [1.807, 2.05) is 0 Å². The first kappa shape index (κ1) is 25.3. The van der Waals surface area contributed by atoms with Crippen LogP contribution < -0.4 is 21.3 Å². The Kier molecular flexibility index (Phi) is 6.83. The largest absolute Gasteiger partial charge is 0.490 e. The number of fused-ring (bicyclic) bond motifs is 1. The smallest absolute Gasteiger partial charge is 0.416 e. The Bertz CT molecular complexity index is 1350. The minimum Gasteiger partial charge on any atom is -0.490 e. The average Bonchev–Trinajstić information content (AvgIpc) is 2.81. The number of hydrogen-bond acceptors (Lipinski definition) is 6. The lowest BCUT2D eigenvalue weighted by Crippen LogP contribution is -2.40. The normalized spacial score (nSPS) is 15.7. The van der Waals surface area contributed by atoms with Crippen LogP contribution in [-0.2, 0) is 18.0 Å². The number of nitrogen functional groups attached to an aromatic ring is 1. The first-order valence-electron chi connectivity index (χ1n) is 11.6. The number of hydrogen-bond donors (Lipinski definition) is 2. The third-order valence-corrected chi connectivity index (χ3v) is 6.37. The van der Waals surface area contributed by atoms with Gasteiger partial charge in [0.25, 0.3) is 5.56 Å². The van der Waals surface area contributed by atoms with Crippen molar-refractivity contribution in [3.63, 3.8) is 0 Å². The number of amides is 1. The van der Waals surface area contributed by atoms with Crippen LogP contribution in [0.5, 0.6) is 5.75 Å². The summed E-state index contributed by atoms with van der Waals surface area (Å²) in [6.07, 6.45) is -3.24. The Hall–Kier alpha value is -3.76. The lowest BCUT2D eigenvalue weighted by molar-refractivity contribution is -0.137. The summed E-state index contributed by atoms with van der Waals surface area (Å²) < 4.78 is 47.2. The summed E-state index contributed by atoms with van der Waals surface area (Å²) in [4.78, 5) is 26.0. The van der Waals surface area contributed by atoms with E-state index in [0.29, 0.717) is 53.8 Å². The zero-order valence-corrected chi connectivity index (χ0v) is 20.2. The second-order valence-corrected chi connectivity index (χ2v) is 9.06. The number of nitrogens with zero attached hydrogens (tertiary/aromatic N) is 3. The number of likely N-dealkylation sites (tertiary alicyclic amines) is 1. The van der Waals surface area contributed by atoms with Gasteiger partial charge in [0.15, 0.2) is 5.82 Å². The lowest BCUT2D eigenvalue weighted by Gasteiger charge is -2.31. The van der Waals surface area contributed by atoms with Crippen molar-refractivity contribution >= 4 is 28.2 Å². The van der Waals surface area contributed by atoms with Gasteiger partial charge in [-0.1, -0.05) is 0 Å². The highest BCUT2D eigenvalue weighted by Crippen LogP contribution is 2.34. The molecule has 0 spiro atoms. The van der Waals surface area contributed by atoms with Crippen molar-refractivity contribution in [1.29, 1.82) is 0 Å². The van der Waals surface area contributed by atoms with Crippen molar-refractivity contribution in [2.75, 3.05) is 24.1 Å². The number of ether oxygens (including phenoxy) is 1. The van der Waals surface area contributed by atoms with Crippen molar-refractivity contribution in [2.45, 2.75) is 45.0 Å². The molecule has 0 saturated carbocycles. The van der Waals surface area contributed by atoms with Crippen molar-refractivity contribution in [3.8, 4) is 5.75 Å². The number of aromatic nitrogens is 2. The second-order valence-electron chi connectivity index (χ2n) is 9.06. The molecule has 1 amide bonds. The molecule has 3 aromatic rings. The zero-order valence-electron chi connectivity index (χ0n) is 20.2. The summed E-state index contributed by atoms with van der Waals surface area (Å²) in [6.45, 7) is 4.46. The van der Waals surface area contributed by atoms with Crippen molar-refractivity contribution in [3.05, 3.63) is 57.9 Å². The van der Waals surface area contributed by atoms with Crippen molar-refractivity contribution in [2.24, 2.45) is 7.05 Å². The number of alkyl halides is 3. The van der Waals surface area contributed by atoms with E-state index in [1.165, 1.54) is 17.8 Å². The predicted molar refractivity (Wildman–Crippen MR) is 131 cm³/mol. The molecule has 192 valence electrons. The van der Waals surface area contributed by atoms with Crippen LogP contribution in [-0.4, -0.2) is 39.8 Å². The zero-order chi connectivity index (χ0) is 26.2. The molecule has 3 N–H and O–H groups in total. The van der Waals surface area contributed by atoms with Crippen LogP contribution in [0.25, 0.3) is 10.8 Å². The van der Waals surface area contributed by atoms with Gasteiger partial charge in [0.2, 0.25) is 5.91 Å². The minimum atomic E-state index is -4.53. The van der Waals surface area contributed by atoms with Gasteiger partial charge < -0.3 is 20.7 Å². The van der Waals surface area contributed by atoms with Crippen LogP contribution >= 0.6 is 0 Å². The summed E-state index contributed by atoms with van der Waals surface area (Å²) in [5, 5.41) is 8.33. The van der Waals surface area contributed by atoms with E-state index >= 15 is 0 Å². The lowest BCUT2D eigenvalue weighted by atomic mass is 10.0. The van der Waals surface area contributed by atoms with Gasteiger partial charge in [0.05, 0.1) is 17.0 Å². The van der Waals surface area contributed by atoms with Crippen LogP contribution in [0.15, 0.2) is 41.2 Å². The standard InChI is InChI=1S/C25H28F3N5O3/c1-14(16-10-17(25(26,27)28)12-18(29)11-16)30-23-22-13-20(4-5-21(22)24(35)32(3)31-23)36-19-6-8-33(9-7-19)15(2)34/h4-5,10-14,19H,6-9,29H2,1-3H3,(H,30,31)/t14-/m1/s1. The minimum absolute atomic E-state index is 0.00161. The number of anilines is 2. The van der Waals surface area contributed by atoms with Crippen LogP contribution in [0.1, 0.15) is 43.9 Å². The topological polar surface area (TPSA) is 102 Å². The third-order valence-electron chi connectivity index (χ3n) is 6.37. The van der Waals surface area contributed by atoms with Crippen LogP contribution in [0.2, 0.25) is 0 Å². The number of rotatable bonds is 5. The number of halogens is 3. The molecule has 1 fully saturated rings. The third kappa shape index (κ3) is 5.39. The summed E-state index contributed by atoms with van der Waals surface area (Å²) in [5.41, 5.74) is 4.91. The first-order chi connectivity index (χ1) is 16.9. The van der Waals surface area contributed by atoms with E-state index in [9.17, 15) is 22.8 Å². The van der Waals surface area contributed by atoms with E-state index in [4.69, 9.17) is 10.5 Å². The molecule has 2 heterocycles. The fourth-order valence-corrected chi connectivity index (χ4v) is 4.37. The average molecular weight is 504 g/mol. The molecule has 1 atom stereocenters. The molecule has 11 heteroatoms. The van der Waals surface area contributed by atoms with E-state index in [-0.39, 0.29) is 23.3 Å². The van der Waals surface area contributed by atoms with E-state index in [0.717, 1.165) is 12.1 Å². The predicted octanol–water partition coefficient (Wildman–Crippen LogP) is 4.10. The highest BCUT2D eigenvalue weighted by Gasteiger charge is 2.31. The summed E-state index contributed by atoms with van der Waals surface area (Å²) >= 11 is 0. The molecule has 4 rings (SSSR count). The number of benzene rings is 2. The molecule has 1 aliphatic rings. The molecular weight excluding hydrogens is 475 g/mol. The molecule has 0 unspecified atom stereocenters. The number of carbonyl (C=O) groups is 1. The van der Waals surface area contributed by atoms with Crippen LogP contribution in [0.4, 0.5) is 24.7 Å². The molecule has 36 heavy (non-hydrogen) atoms. The quantitative estimate of drug-likeness (QED) is 0.509. The molecule has 1 aliphatic heterocycles. The number of nitrogens with two attached hydrogens (primary N) is 1. The molecule has 2 aromatic carbocycles. The van der Waals surface area contributed by atoms with Crippen LogP contribution in [0.3, 0.4) is 0 Å². The molecule has 8 nitrogen and oxygen atoms in total. The van der Waals surface area contributed by atoms with Gasteiger partial charge in [-0.15, -0.1) is 0 Å². The molecule has 0 radical (unpaired) electrons. The summed E-state index contributed by atoms with van der Waals surface area (Å²) in [7, 11) is 1.51. The number of aryl methyl sites for hydroxylation is 1. The number of nitrogens with one attached hydrogen (secondary N) is 1. The Morgan fingerprint density at radius 1 is 1.17 bits per heavy atom. The van der Waals surface area contributed by atoms with E-state index < -0.39 is 17.8 Å². The van der Waals surface area contributed by atoms with Crippen LogP contribution in [0, 0.1) is 0 Å². The maximum Gasteiger partial charge on any atom is 0.416 e.